The van der Waals surface area contributed by atoms with Crippen LogP contribution in [-0.4, -0.2) is 5.66 Å². The van der Waals surface area contributed by atoms with Crippen LogP contribution < -0.4 is 0 Å². The molecule has 1 aliphatic carbocycles. The van der Waals surface area contributed by atoms with Gasteiger partial charge in [0.05, 0.1) is 0 Å². The Morgan fingerprint density at radius 2 is 1.33 bits per heavy atom. The van der Waals surface area contributed by atoms with Gasteiger partial charge in [-0.3, -0.25) is 0 Å². The van der Waals surface area contributed by atoms with E-state index in [-0.39, 0.29) is 40.8 Å². The molecule has 0 amide bonds. The van der Waals surface area contributed by atoms with Crippen molar-refractivity contribution in [2.75, 3.05) is 0 Å². The standard InChI is InChI=1S/C6H11P.2Pd/c7-6-4-2-1-3-5-6;;/h6H,1-5H2;;. The van der Waals surface area contributed by atoms with Crippen LogP contribution in [0, 0.1) is 0 Å². The molecule has 9 heavy (non-hydrogen) atoms. The first-order valence-electron chi connectivity index (χ1n) is 3.07. The Bertz CT molecular complexity index is 53.0. The van der Waals surface area contributed by atoms with Crippen LogP contribution in [0.4, 0.5) is 0 Å². The Balaban J connectivity index is 0. The molecule has 0 aromatic rings. The van der Waals surface area contributed by atoms with Gasteiger partial charge in [-0.05, 0) is 27.7 Å². The molecule has 3 heteroatoms. The van der Waals surface area contributed by atoms with E-state index in [4.69, 9.17) is 0 Å². The van der Waals surface area contributed by atoms with Crippen LogP contribution in [0.5, 0.6) is 0 Å². The second kappa shape index (κ2) is 7.86. The van der Waals surface area contributed by atoms with E-state index in [1.807, 2.05) is 0 Å². The molecule has 1 fully saturated rings. The quantitative estimate of drug-likeness (QED) is 0.474. The van der Waals surface area contributed by atoms with E-state index in [2.05, 4.69) is 9.24 Å². The van der Waals surface area contributed by atoms with Gasteiger partial charge in [0.1, 0.15) is 0 Å². The zero-order chi connectivity index (χ0) is 5.11. The normalized spacial score (nSPS) is 19.7. The fourth-order valence-corrected chi connectivity index (χ4v) is 1.45. The molecule has 0 aromatic heterocycles. The fraction of sp³-hybridized carbons (Fsp3) is 1.00. The molecule has 0 spiro atoms. The third-order valence-electron chi connectivity index (χ3n) is 1.57. The molecule has 0 unspecified atom stereocenters. The van der Waals surface area contributed by atoms with Crippen LogP contribution >= 0.6 is 9.24 Å². The van der Waals surface area contributed by atoms with Gasteiger partial charge in [0.25, 0.3) is 0 Å². The fourth-order valence-electron chi connectivity index (χ4n) is 1.08. The SMILES string of the molecule is [P]C1CCCCC1.[Pd].[Pd]. The number of hydrogen-bond acceptors (Lipinski definition) is 0. The number of rotatable bonds is 0. The maximum Gasteiger partial charge on any atom is 0 e. The van der Waals surface area contributed by atoms with Crippen molar-refractivity contribution in [3.63, 3.8) is 0 Å². The van der Waals surface area contributed by atoms with E-state index in [0.29, 0.717) is 0 Å². The first-order chi connectivity index (χ1) is 3.39. The summed E-state index contributed by atoms with van der Waals surface area (Å²) in [5.41, 5.74) is 0.730. The zero-order valence-corrected chi connectivity index (χ0v) is 9.20. The van der Waals surface area contributed by atoms with Crippen molar-refractivity contribution < 1.29 is 40.8 Å². The summed E-state index contributed by atoms with van der Waals surface area (Å²) in [6, 6.07) is 0. The van der Waals surface area contributed by atoms with Crippen molar-refractivity contribution in [1.29, 1.82) is 0 Å². The smallest absolute Gasteiger partial charge is 0 e. The molecule has 0 saturated heterocycles. The average Bonchev–Trinajstić information content (AvgIpc) is 1.69. The molecule has 2 radical (unpaired) electrons. The van der Waals surface area contributed by atoms with Crippen molar-refractivity contribution >= 4 is 9.24 Å². The van der Waals surface area contributed by atoms with Crippen molar-refractivity contribution in [2.45, 2.75) is 37.8 Å². The van der Waals surface area contributed by atoms with E-state index in [0.717, 1.165) is 5.66 Å². The van der Waals surface area contributed by atoms with Crippen LogP contribution in [0.2, 0.25) is 0 Å². The summed E-state index contributed by atoms with van der Waals surface area (Å²) >= 11 is 0. The molecule has 0 aromatic carbocycles. The maximum atomic E-state index is 4.36. The molecular formula is C6H11PPd2. The van der Waals surface area contributed by atoms with Gasteiger partial charge in [0.15, 0.2) is 0 Å². The van der Waals surface area contributed by atoms with E-state index >= 15 is 0 Å². The van der Waals surface area contributed by atoms with Gasteiger partial charge in [-0.15, -0.1) is 0 Å². The van der Waals surface area contributed by atoms with Gasteiger partial charge >= 0.3 is 0 Å². The summed E-state index contributed by atoms with van der Waals surface area (Å²) < 4.78 is 0. The molecule has 1 rings (SSSR count). The molecule has 0 heterocycles. The Hall–Kier alpha value is 1.75. The van der Waals surface area contributed by atoms with Gasteiger partial charge in [0.2, 0.25) is 0 Å². The van der Waals surface area contributed by atoms with Crippen molar-refractivity contribution in [3.05, 3.63) is 0 Å². The second-order valence-electron chi connectivity index (χ2n) is 2.29. The molecule has 0 atom stereocenters. The molecule has 1 saturated carbocycles. The largest absolute Gasteiger partial charge is 0.0533 e. The minimum Gasteiger partial charge on any atom is -0.0533 e. The molecule has 60 valence electrons. The van der Waals surface area contributed by atoms with Gasteiger partial charge in [0, 0.05) is 40.8 Å². The van der Waals surface area contributed by atoms with Crippen molar-refractivity contribution in [3.8, 4) is 0 Å². The van der Waals surface area contributed by atoms with Crippen LogP contribution in [0.3, 0.4) is 0 Å². The van der Waals surface area contributed by atoms with Gasteiger partial charge in [-0.25, -0.2) is 0 Å². The third-order valence-corrected chi connectivity index (χ3v) is 2.09. The minimum atomic E-state index is 0. The van der Waals surface area contributed by atoms with E-state index < -0.39 is 0 Å². The van der Waals surface area contributed by atoms with Crippen LogP contribution in [0.25, 0.3) is 0 Å². The summed E-state index contributed by atoms with van der Waals surface area (Å²) in [5.74, 6) is 0. The van der Waals surface area contributed by atoms with E-state index in [9.17, 15) is 0 Å². The number of hydrogen-bond donors (Lipinski definition) is 0. The van der Waals surface area contributed by atoms with Crippen LogP contribution in [0.1, 0.15) is 32.1 Å². The third kappa shape index (κ3) is 6.16. The Morgan fingerprint density at radius 3 is 1.56 bits per heavy atom. The van der Waals surface area contributed by atoms with Gasteiger partial charge < -0.3 is 0 Å². The molecule has 0 aliphatic heterocycles. The van der Waals surface area contributed by atoms with E-state index in [1.54, 1.807) is 0 Å². The zero-order valence-electron chi connectivity index (χ0n) is 5.19. The van der Waals surface area contributed by atoms with Crippen LogP contribution in [0.15, 0.2) is 0 Å². The van der Waals surface area contributed by atoms with Crippen LogP contribution in [-0.2, 0) is 40.8 Å². The summed E-state index contributed by atoms with van der Waals surface area (Å²) in [4.78, 5) is 0. The molecular weight excluding hydrogens is 316 g/mol. The monoisotopic (exact) mass is 326 g/mol. The summed E-state index contributed by atoms with van der Waals surface area (Å²) in [5, 5.41) is 0. The molecule has 0 nitrogen and oxygen atoms in total. The first-order valence-corrected chi connectivity index (χ1v) is 3.59. The summed E-state index contributed by atoms with van der Waals surface area (Å²) in [7, 11) is 4.36. The Morgan fingerprint density at radius 1 is 0.889 bits per heavy atom. The molecule has 0 N–H and O–H groups in total. The Kier molecular flexibility index (Phi) is 11.7. The minimum absolute atomic E-state index is 0. The summed E-state index contributed by atoms with van der Waals surface area (Å²) in [6.07, 6.45) is 6.96. The van der Waals surface area contributed by atoms with E-state index in [1.165, 1.54) is 32.1 Å². The topological polar surface area (TPSA) is 0 Å². The predicted octanol–water partition coefficient (Wildman–Crippen LogP) is 2.72. The first kappa shape index (κ1) is 13.4. The predicted molar refractivity (Wildman–Crippen MR) is 33.8 cm³/mol. The molecule has 0 bridgehead atoms. The second-order valence-corrected chi connectivity index (χ2v) is 3.02. The maximum absolute atomic E-state index is 4.36. The average molecular weight is 327 g/mol. The summed E-state index contributed by atoms with van der Waals surface area (Å²) in [6.45, 7) is 0. The Labute approximate surface area is 87.4 Å². The van der Waals surface area contributed by atoms with Crippen molar-refractivity contribution in [2.24, 2.45) is 0 Å². The van der Waals surface area contributed by atoms with Crippen molar-refractivity contribution in [1.82, 2.24) is 0 Å². The van der Waals surface area contributed by atoms with Gasteiger partial charge in [-0.2, -0.15) is 0 Å². The van der Waals surface area contributed by atoms with Gasteiger partial charge in [-0.1, -0.05) is 19.3 Å². The molecule has 1 aliphatic rings.